The molecule has 0 N–H and O–H groups in total. The molecule has 0 amide bonds. The Morgan fingerprint density at radius 1 is 1.21 bits per heavy atom. The quantitative estimate of drug-likeness (QED) is 0.352. The SMILES string of the molecule is CC(C)Oc1ccc(Br)cc1C(=O)Oc1c(Cl)cc(Cl)cc1C=O. The molecular formula is C17H13BrCl2O4. The molecule has 0 aliphatic heterocycles. The fourth-order valence-electron chi connectivity index (χ4n) is 1.94. The van der Waals surface area contributed by atoms with Crippen LogP contribution in [-0.4, -0.2) is 18.4 Å². The van der Waals surface area contributed by atoms with E-state index in [1.807, 2.05) is 13.8 Å². The number of aldehydes is 1. The van der Waals surface area contributed by atoms with E-state index in [9.17, 15) is 9.59 Å². The molecule has 24 heavy (non-hydrogen) atoms. The summed E-state index contributed by atoms with van der Waals surface area (Å²) >= 11 is 15.2. The molecule has 2 aromatic rings. The van der Waals surface area contributed by atoms with Gasteiger partial charge in [-0.1, -0.05) is 39.1 Å². The first kappa shape index (κ1) is 18.8. The average Bonchev–Trinajstić information content (AvgIpc) is 2.50. The number of hydrogen-bond donors (Lipinski definition) is 0. The minimum absolute atomic E-state index is 0.0449. The topological polar surface area (TPSA) is 52.6 Å². The van der Waals surface area contributed by atoms with Gasteiger partial charge in [0.05, 0.1) is 16.7 Å². The summed E-state index contributed by atoms with van der Waals surface area (Å²) in [6, 6.07) is 7.75. The highest BCUT2D eigenvalue weighted by atomic mass is 79.9. The van der Waals surface area contributed by atoms with Gasteiger partial charge in [0.2, 0.25) is 0 Å². The highest BCUT2D eigenvalue weighted by molar-refractivity contribution is 9.10. The van der Waals surface area contributed by atoms with E-state index < -0.39 is 5.97 Å². The van der Waals surface area contributed by atoms with Crippen molar-refractivity contribution in [2.45, 2.75) is 20.0 Å². The van der Waals surface area contributed by atoms with Crippen LogP contribution in [0.2, 0.25) is 10.0 Å². The number of rotatable bonds is 5. The maximum absolute atomic E-state index is 12.5. The fourth-order valence-corrected chi connectivity index (χ4v) is 2.85. The van der Waals surface area contributed by atoms with Gasteiger partial charge in [-0.2, -0.15) is 0 Å². The number of carbonyl (C=O) groups excluding carboxylic acids is 2. The summed E-state index contributed by atoms with van der Waals surface area (Å²) in [5.74, 6) is -0.369. The summed E-state index contributed by atoms with van der Waals surface area (Å²) in [5, 5.41) is 0.340. The molecule has 2 rings (SSSR count). The molecule has 126 valence electrons. The molecule has 0 aromatic heterocycles. The molecule has 0 spiro atoms. The molecule has 7 heteroatoms. The molecule has 0 fully saturated rings. The lowest BCUT2D eigenvalue weighted by molar-refractivity contribution is 0.0727. The van der Waals surface area contributed by atoms with Crippen molar-refractivity contribution < 1.29 is 19.1 Å². The zero-order chi connectivity index (χ0) is 17.9. The lowest BCUT2D eigenvalue weighted by Gasteiger charge is -2.15. The van der Waals surface area contributed by atoms with Crippen LogP contribution in [0.4, 0.5) is 0 Å². The maximum Gasteiger partial charge on any atom is 0.347 e. The summed E-state index contributed by atoms with van der Waals surface area (Å²) in [5.41, 5.74) is 0.295. The third-order valence-electron chi connectivity index (χ3n) is 2.88. The van der Waals surface area contributed by atoms with Gasteiger partial charge in [-0.3, -0.25) is 4.79 Å². The number of esters is 1. The molecule has 0 bridgehead atoms. The van der Waals surface area contributed by atoms with E-state index in [0.29, 0.717) is 16.5 Å². The van der Waals surface area contributed by atoms with E-state index in [1.54, 1.807) is 18.2 Å². The number of carbonyl (C=O) groups is 2. The van der Waals surface area contributed by atoms with Crippen molar-refractivity contribution in [3.63, 3.8) is 0 Å². The molecule has 0 saturated heterocycles. The summed E-state index contributed by atoms with van der Waals surface area (Å²) in [4.78, 5) is 23.7. The Morgan fingerprint density at radius 2 is 1.92 bits per heavy atom. The second-order valence-electron chi connectivity index (χ2n) is 5.12. The molecule has 0 saturated carbocycles. The van der Waals surface area contributed by atoms with E-state index in [4.69, 9.17) is 32.7 Å². The maximum atomic E-state index is 12.5. The molecule has 0 radical (unpaired) electrons. The van der Waals surface area contributed by atoms with Gasteiger partial charge in [-0.25, -0.2) is 4.79 Å². The zero-order valence-electron chi connectivity index (χ0n) is 12.8. The smallest absolute Gasteiger partial charge is 0.347 e. The van der Waals surface area contributed by atoms with E-state index in [-0.39, 0.29) is 33.0 Å². The van der Waals surface area contributed by atoms with Crippen molar-refractivity contribution in [2.24, 2.45) is 0 Å². The van der Waals surface area contributed by atoms with Crippen LogP contribution in [0.15, 0.2) is 34.8 Å². The second-order valence-corrected chi connectivity index (χ2v) is 6.88. The van der Waals surface area contributed by atoms with Crippen LogP contribution in [-0.2, 0) is 0 Å². The normalized spacial score (nSPS) is 10.6. The summed E-state index contributed by atoms with van der Waals surface area (Å²) < 4.78 is 11.6. The molecule has 2 aromatic carbocycles. The first-order valence-electron chi connectivity index (χ1n) is 6.94. The Morgan fingerprint density at radius 3 is 2.54 bits per heavy atom. The predicted octanol–water partition coefficient (Wildman–Crippen LogP) is 5.57. The van der Waals surface area contributed by atoms with Crippen LogP contribution in [0, 0.1) is 0 Å². The number of hydrogen-bond acceptors (Lipinski definition) is 4. The van der Waals surface area contributed by atoms with E-state index >= 15 is 0 Å². The first-order chi connectivity index (χ1) is 11.3. The molecule has 0 unspecified atom stereocenters. The Bertz CT molecular complexity index is 790. The number of benzene rings is 2. The highest BCUT2D eigenvalue weighted by Crippen LogP contribution is 2.33. The number of halogens is 3. The van der Waals surface area contributed by atoms with Crippen LogP contribution in [0.3, 0.4) is 0 Å². The standard InChI is InChI=1S/C17H13BrCl2O4/c1-9(2)23-15-4-3-11(18)6-13(15)17(22)24-16-10(8-21)5-12(19)7-14(16)20/h3-9H,1-2H3. The van der Waals surface area contributed by atoms with Crippen LogP contribution in [0.25, 0.3) is 0 Å². The Balaban J connectivity index is 2.41. The van der Waals surface area contributed by atoms with Crippen molar-refractivity contribution in [2.75, 3.05) is 0 Å². The van der Waals surface area contributed by atoms with Crippen LogP contribution in [0.5, 0.6) is 11.5 Å². The van der Waals surface area contributed by atoms with Crippen LogP contribution >= 0.6 is 39.1 Å². The van der Waals surface area contributed by atoms with Gasteiger partial charge in [0.25, 0.3) is 0 Å². The van der Waals surface area contributed by atoms with Crippen LogP contribution < -0.4 is 9.47 Å². The molecule has 0 heterocycles. The van der Waals surface area contributed by atoms with Crippen LogP contribution in [0.1, 0.15) is 34.6 Å². The lowest BCUT2D eigenvalue weighted by Crippen LogP contribution is -2.14. The fraction of sp³-hybridized carbons (Fsp3) is 0.176. The monoisotopic (exact) mass is 430 g/mol. The van der Waals surface area contributed by atoms with Gasteiger partial charge in [0.15, 0.2) is 12.0 Å². The van der Waals surface area contributed by atoms with E-state index in [2.05, 4.69) is 15.9 Å². The zero-order valence-corrected chi connectivity index (χ0v) is 15.9. The Hall–Kier alpha value is -1.56. The highest BCUT2D eigenvalue weighted by Gasteiger charge is 2.20. The summed E-state index contributed by atoms with van der Waals surface area (Å²) in [7, 11) is 0. The van der Waals surface area contributed by atoms with E-state index in [1.165, 1.54) is 12.1 Å². The van der Waals surface area contributed by atoms with Crippen molar-refractivity contribution >= 4 is 51.4 Å². The van der Waals surface area contributed by atoms with E-state index in [0.717, 1.165) is 0 Å². The molecule has 4 nitrogen and oxygen atoms in total. The van der Waals surface area contributed by atoms with Gasteiger partial charge in [0, 0.05) is 9.50 Å². The Labute approximate surface area is 157 Å². The van der Waals surface area contributed by atoms with Gasteiger partial charge in [0.1, 0.15) is 11.3 Å². The summed E-state index contributed by atoms with van der Waals surface area (Å²) in [6.07, 6.45) is 0.398. The lowest BCUT2D eigenvalue weighted by atomic mass is 10.2. The van der Waals surface area contributed by atoms with Gasteiger partial charge in [-0.05, 0) is 44.2 Å². The molecular weight excluding hydrogens is 419 g/mol. The van der Waals surface area contributed by atoms with Crippen molar-refractivity contribution in [3.05, 3.63) is 56.0 Å². The van der Waals surface area contributed by atoms with Crippen molar-refractivity contribution in [1.29, 1.82) is 0 Å². The molecule has 0 atom stereocenters. The minimum atomic E-state index is -0.695. The third-order valence-corrected chi connectivity index (χ3v) is 3.88. The number of ether oxygens (including phenoxy) is 2. The minimum Gasteiger partial charge on any atom is -0.490 e. The largest absolute Gasteiger partial charge is 0.490 e. The van der Waals surface area contributed by atoms with Crippen molar-refractivity contribution in [3.8, 4) is 11.5 Å². The Kier molecular flexibility index (Phi) is 6.27. The van der Waals surface area contributed by atoms with Gasteiger partial charge >= 0.3 is 5.97 Å². The van der Waals surface area contributed by atoms with Gasteiger partial charge in [-0.15, -0.1) is 0 Å². The third kappa shape index (κ3) is 4.50. The van der Waals surface area contributed by atoms with Gasteiger partial charge < -0.3 is 9.47 Å². The first-order valence-corrected chi connectivity index (χ1v) is 8.49. The molecule has 0 aliphatic rings. The average molecular weight is 432 g/mol. The van der Waals surface area contributed by atoms with Crippen molar-refractivity contribution in [1.82, 2.24) is 0 Å². The predicted molar refractivity (Wildman–Crippen MR) is 96.7 cm³/mol. The molecule has 0 aliphatic carbocycles. The second kappa shape index (κ2) is 8.01. The summed E-state index contributed by atoms with van der Waals surface area (Å²) in [6.45, 7) is 3.69.